The van der Waals surface area contributed by atoms with E-state index in [2.05, 4.69) is 16.0 Å². The fraction of sp³-hybridized carbons (Fsp3) is 0.421. The lowest BCUT2D eigenvalue weighted by atomic mass is 10.1. The summed E-state index contributed by atoms with van der Waals surface area (Å²) in [6.45, 7) is 5.37. The number of ether oxygens (including phenoxy) is 1. The quantitative estimate of drug-likeness (QED) is 0.919. The number of hydrogen-bond donors (Lipinski definition) is 1. The van der Waals surface area contributed by atoms with Gasteiger partial charge in [0, 0.05) is 31.2 Å². The Labute approximate surface area is 143 Å². The van der Waals surface area contributed by atoms with Gasteiger partial charge in [0.25, 0.3) is 0 Å². The Morgan fingerprint density at radius 2 is 2.21 bits per heavy atom. The second kappa shape index (κ2) is 6.99. The molecule has 1 atom stereocenters. The summed E-state index contributed by atoms with van der Waals surface area (Å²) in [7, 11) is 2.03. The van der Waals surface area contributed by atoms with E-state index in [-0.39, 0.29) is 12.1 Å². The third-order valence-corrected chi connectivity index (χ3v) is 4.59. The molecule has 2 amide bonds. The number of amides is 2. The van der Waals surface area contributed by atoms with E-state index in [0.29, 0.717) is 6.61 Å². The maximum atomic E-state index is 12.8. The van der Waals surface area contributed by atoms with Crippen LogP contribution in [0.2, 0.25) is 0 Å². The number of aromatic nitrogens is 1. The van der Waals surface area contributed by atoms with E-state index in [1.165, 1.54) is 5.69 Å². The minimum Gasteiger partial charge on any atom is -0.494 e. The zero-order valence-electron chi connectivity index (χ0n) is 14.6. The number of rotatable bonds is 4. The van der Waals surface area contributed by atoms with Crippen molar-refractivity contribution >= 4 is 11.7 Å². The van der Waals surface area contributed by atoms with Crippen molar-refractivity contribution in [3.63, 3.8) is 0 Å². The van der Waals surface area contributed by atoms with E-state index in [0.717, 1.165) is 36.4 Å². The molecule has 0 bridgehead atoms. The molecule has 1 aliphatic heterocycles. The molecule has 2 heterocycles. The van der Waals surface area contributed by atoms with Crippen LogP contribution in [0.5, 0.6) is 5.75 Å². The number of carbonyl (C=O) groups is 1. The molecule has 3 rings (SSSR count). The second-order valence-corrected chi connectivity index (χ2v) is 6.24. The van der Waals surface area contributed by atoms with Crippen LogP contribution in [-0.2, 0) is 7.05 Å². The molecule has 1 aromatic heterocycles. The third-order valence-electron chi connectivity index (χ3n) is 4.59. The summed E-state index contributed by atoms with van der Waals surface area (Å²) in [6, 6.07) is 9.99. The Balaban J connectivity index is 1.73. The molecule has 128 valence electrons. The first-order chi connectivity index (χ1) is 11.6. The highest BCUT2D eigenvalue weighted by atomic mass is 16.5. The van der Waals surface area contributed by atoms with E-state index >= 15 is 0 Å². The van der Waals surface area contributed by atoms with Crippen molar-refractivity contribution in [2.24, 2.45) is 7.05 Å². The molecule has 5 nitrogen and oxygen atoms in total. The van der Waals surface area contributed by atoms with Crippen LogP contribution in [0, 0.1) is 6.92 Å². The average Bonchev–Trinajstić information content (AvgIpc) is 3.18. The predicted octanol–water partition coefficient (Wildman–Crippen LogP) is 4.10. The Morgan fingerprint density at radius 1 is 1.38 bits per heavy atom. The number of carbonyl (C=O) groups excluding carboxylic acids is 1. The number of urea groups is 1. The van der Waals surface area contributed by atoms with Gasteiger partial charge in [0.05, 0.1) is 12.6 Å². The van der Waals surface area contributed by atoms with Crippen molar-refractivity contribution in [2.45, 2.75) is 32.7 Å². The van der Waals surface area contributed by atoms with Crippen LogP contribution in [0.1, 0.15) is 37.1 Å². The number of anilines is 1. The van der Waals surface area contributed by atoms with Crippen molar-refractivity contribution in [1.29, 1.82) is 0 Å². The normalized spacial score (nSPS) is 17.1. The SMILES string of the molecule is CCOc1ccc(NC(=O)N2CCCC2c2cccn2C)c(C)c1. The van der Waals surface area contributed by atoms with Crippen LogP contribution < -0.4 is 10.1 Å². The predicted molar refractivity (Wildman–Crippen MR) is 95.5 cm³/mol. The summed E-state index contributed by atoms with van der Waals surface area (Å²) < 4.78 is 7.60. The van der Waals surface area contributed by atoms with E-state index in [4.69, 9.17) is 4.74 Å². The summed E-state index contributed by atoms with van der Waals surface area (Å²) in [5.74, 6) is 0.829. The summed E-state index contributed by atoms with van der Waals surface area (Å²) in [4.78, 5) is 14.7. The Kier molecular flexibility index (Phi) is 4.79. The number of hydrogen-bond acceptors (Lipinski definition) is 2. The van der Waals surface area contributed by atoms with Gasteiger partial charge in [-0.05, 0) is 62.6 Å². The smallest absolute Gasteiger partial charge is 0.322 e. The highest BCUT2D eigenvalue weighted by Crippen LogP contribution is 2.32. The Hall–Kier alpha value is -2.43. The van der Waals surface area contributed by atoms with Crippen molar-refractivity contribution in [3.8, 4) is 5.75 Å². The number of aryl methyl sites for hydroxylation is 2. The lowest BCUT2D eigenvalue weighted by Crippen LogP contribution is -2.35. The fourth-order valence-electron chi connectivity index (χ4n) is 3.36. The third kappa shape index (κ3) is 3.25. The van der Waals surface area contributed by atoms with Crippen molar-refractivity contribution in [3.05, 3.63) is 47.8 Å². The molecule has 0 aliphatic carbocycles. The largest absolute Gasteiger partial charge is 0.494 e. The monoisotopic (exact) mass is 327 g/mol. The van der Waals surface area contributed by atoms with Crippen molar-refractivity contribution < 1.29 is 9.53 Å². The molecule has 1 unspecified atom stereocenters. The maximum absolute atomic E-state index is 12.8. The topological polar surface area (TPSA) is 46.5 Å². The van der Waals surface area contributed by atoms with Crippen molar-refractivity contribution in [2.75, 3.05) is 18.5 Å². The number of nitrogens with one attached hydrogen (secondary N) is 1. The van der Waals surface area contributed by atoms with E-state index in [1.807, 2.05) is 56.3 Å². The van der Waals surface area contributed by atoms with E-state index in [9.17, 15) is 4.79 Å². The number of benzene rings is 1. The zero-order valence-corrected chi connectivity index (χ0v) is 14.6. The standard InChI is InChI=1S/C19H25N3O2/c1-4-24-15-9-10-16(14(2)13-15)20-19(23)22-12-6-8-18(22)17-7-5-11-21(17)3/h5,7,9-11,13,18H,4,6,8,12H2,1-3H3,(H,20,23). The van der Waals surface area contributed by atoms with Crippen LogP contribution in [0.3, 0.4) is 0 Å². The van der Waals surface area contributed by atoms with Crippen LogP contribution in [-0.4, -0.2) is 28.6 Å². The maximum Gasteiger partial charge on any atom is 0.322 e. The number of likely N-dealkylation sites (tertiary alicyclic amines) is 1. The molecule has 2 aromatic rings. The van der Waals surface area contributed by atoms with Gasteiger partial charge in [-0.3, -0.25) is 0 Å². The Morgan fingerprint density at radius 3 is 2.88 bits per heavy atom. The van der Waals surface area contributed by atoms with Gasteiger partial charge in [0.15, 0.2) is 0 Å². The molecule has 5 heteroatoms. The second-order valence-electron chi connectivity index (χ2n) is 6.24. The van der Waals surface area contributed by atoms with Crippen LogP contribution in [0.15, 0.2) is 36.5 Å². The minimum absolute atomic E-state index is 0.0361. The molecule has 0 radical (unpaired) electrons. The summed E-state index contributed by atoms with van der Waals surface area (Å²) in [5.41, 5.74) is 3.02. The molecule has 1 aliphatic rings. The Bertz CT molecular complexity index is 723. The lowest BCUT2D eigenvalue weighted by molar-refractivity contribution is 0.205. The molecular formula is C19H25N3O2. The highest BCUT2D eigenvalue weighted by molar-refractivity contribution is 5.90. The summed E-state index contributed by atoms with van der Waals surface area (Å²) in [6.07, 6.45) is 4.07. The highest BCUT2D eigenvalue weighted by Gasteiger charge is 2.31. The van der Waals surface area contributed by atoms with Crippen LogP contribution in [0.4, 0.5) is 10.5 Å². The lowest BCUT2D eigenvalue weighted by Gasteiger charge is -2.26. The average molecular weight is 327 g/mol. The molecule has 1 N–H and O–H groups in total. The first-order valence-electron chi connectivity index (χ1n) is 8.52. The molecular weight excluding hydrogens is 302 g/mol. The molecule has 24 heavy (non-hydrogen) atoms. The zero-order chi connectivity index (χ0) is 17.1. The molecule has 0 saturated carbocycles. The molecule has 1 aromatic carbocycles. The van der Waals surface area contributed by atoms with Gasteiger partial charge in [-0.2, -0.15) is 0 Å². The minimum atomic E-state index is -0.0361. The van der Waals surface area contributed by atoms with Crippen molar-refractivity contribution in [1.82, 2.24) is 9.47 Å². The van der Waals surface area contributed by atoms with Gasteiger partial charge in [0.2, 0.25) is 0 Å². The van der Waals surface area contributed by atoms with Gasteiger partial charge in [-0.25, -0.2) is 4.79 Å². The van der Waals surface area contributed by atoms with E-state index in [1.54, 1.807) is 0 Å². The van der Waals surface area contributed by atoms with E-state index < -0.39 is 0 Å². The van der Waals surface area contributed by atoms with Gasteiger partial charge in [-0.15, -0.1) is 0 Å². The summed E-state index contributed by atoms with van der Waals surface area (Å²) >= 11 is 0. The number of nitrogens with zero attached hydrogens (tertiary/aromatic N) is 2. The molecule has 1 fully saturated rings. The van der Waals surface area contributed by atoms with Gasteiger partial charge < -0.3 is 19.5 Å². The van der Waals surface area contributed by atoms with Crippen LogP contribution >= 0.6 is 0 Å². The van der Waals surface area contributed by atoms with Gasteiger partial charge in [-0.1, -0.05) is 0 Å². The fourth-order valence-corrected chi connectivity index (χ4v) is 3.36. The molecule has 1 saturated heterocycles. The van der Waals surface area contributed by atoms with Gasteiger partial charge in [0.1, 0.15) is 5.75 Å². The van der Waals surface area contributed by atoms with Crippen LogP contribution in [0.25, 0.3) is 0 Å². The first kappa shape index (κ1) is 16.4. The first-order valence-corrected chi connectivity index (χ1v) is 8.52. The molecule has 0 spiro atoms. The summed E-state index contributed by atoms with van der Waals surface area (Å²) in [5, 5.41) is 3.06. The van der Waals surface area contributed by atoms with Gasteiger partial charge >= 0.3 is 6.03 Å².